The molecule has 17 heavy (non-hydrogen) atoms. The monoisotopic (exact) mass is 221 g/mol. The van der Waals surface area contributed by atoms with Gasteiger partial charge in [0.1, 0.15) is 0 Å². The number of para-hydroxylation sites is 1. The first-order chi connectivity index (χ1) is 8.40. The molecule has 0 atom stereocenters. The van der Waals surface area contributed by atoms with Gasteiger partial charge in [0.15, 0.2) is 0 Å². The Bertz CT molecular complexity index is 557. The van der Waals surface area contributed by atoms with E-state index in [1.54, 1.807) is 0 Å². The molecule has 1 aliphatic heterocycles. The van der Waals surface area contributed by atoms with E-state index in [0.29, 0.717) is 0 Å². The van der Waals surface area contributed by atoms with Gasteiger partial charge in [0, 0.05) is 24.3 Å². The SMILES string of the molecule is C=CCN1Cc2ccccc2-c2ccccc21. The van der Waals surface area contributed by atoms with Crippen LogP contribution in [0, 0.1) is 0 Å². The van der Waals surface area contributed by atoms with Crippen molar-refractivity contribution >= 4 is 5.69 Å². The largest absolute Gasteiger partial charge is 0.363 e. The molecule has 0 saturated carbocycles. The standard InChI is InChI=1S/C16H15N/c1-2-11-17-12-13-7-3-4-8-14(13)15-9-5-6-10-16(15)17/h2-10H,1,11-12H2. The van der Waals surface area contributed by atoms with E-state index >= 15 is 0 Å². The third kappa shape index (κ3) is 1.64. The summed E-state index contributed by atoms with van der Waals surface area (Å²) in [6, 6.07) is 17.2. The summed E-state index contributed by atoms with van der Waals surface area (Å²) in [6.45, 7) is 5.71. The molecule has 0 amide bonds. The molecule has 0 saturated heterocycles. The van der Waals surface area contributed by atoms with Crippen LogP contribution in [0.1, 0.15) is 5.56 Å². The van der Waals surface area contributed by atoms with E-state index in [1.165, 1.54) is 22.4 Å². The van der Waals surface area contributed by atoms with Crippen LogP contribution < -0.4 is 4.90 Å². The summed E-state index contributed by atoms with van der Waals surface area (Å²) >= 11 is 0. The van der Waals surface area contributed by atoms with E-state index in [2.05, 4.69) is 60.0 Å². The van der Waals surface area contributed by atoms with E-state index < -0.39 is 0 Å². The van der Waals surface area contributed by atoms with Crippen LogP contribution >= 0.6 is 0 Å². The molecular weight excluding hydrogens is 206 g/mol. The van der Waals surface area contributed by atoms with Gasteiger partial charge in [-0.2, -0.15) is 0 Å². The third-order valence-corrected chi connectivity index (χ3v) is 3.26. The van der Waals surface area contributed by atoms with Gasteiger partial charge in [-0.25, -0.2) is 0 Å². The van der Waals surface area contributed by atoms with Gasteiger partial charge in [0.05, 0.1) is 0 Å². The number of benzene rings is 2. The van der Waals surface area contributed by atoms with Gasteiger partial charge in [-0.15, -0.1) is 6.58 Å². The topological polar surface area (TPSA) is 3.24 Å². The van der Waals surface area contributed by atoms with Crippen LogP contribution in [0.25, 0.3) is 11.1 Å². The van der Waals surface area contributed by atoms with Crippen LogP contribution in [0.3, 0.4) is 0 Å². The Kier molecular flexibility index (Phi) is 2.45. The van der Waals surface area contributed by atoms with Crippen molar-refractivity contribution in [1.29, 1.82) is 0 Å². The van der Waals surface area contributed by atoms with Crippen molar-refractivity contribution in [1.82, 2.24) is 0 Å². The molecular formula is C16H15N. The van der Waals surface area contributed by atoms with E-state index in [4.69, 9.17) is 0 Å². The first-order valence-electron chi connectivity index (χ1n) is 5.93. The lowest BCUT2D eigenvalue weighted by molar-refractivity contribution is 0.858. The highest BCUT2D eigenvalue weighted by Crippen LogP contribution is 2.38. The second-order valence-corrected chi connectivity index (χ2v) is 4.34. The maximum Gasteiger partial charge on any atom is 0.0451 e. The zero-order valence-corrected chi connectivity index (χ0v) is 9.76. The highest BCUT2D eigenvalue weighted by molar-refractivity contribution is 5.83. The average Bonchev–Trinajstić information content (AvgIpc) is 2.39. The Hall–Kier alpha value is -2.02. The summed E-state index contributed by atoms with van der Waals surface area (Å²) in [7, 11) is 0. The summed E-state index contributed by atoms with van der Waals surface area (Å²) in [5.41, 5.74) is 5.40. The van der Waals surface area contributed by atoms with Gasteiger partial charge >= 0.3 is 0 Å². The second kappa shape index (κ2) is 4.10. The molecule has 0 radical (unpaired) electrons. The van der Waals surface area contributed by atoms with E-state index in [9.17, 15) is 0 Å². The normalized spacial score (nSPS) is 12.8. The third-order valence-electron chi connectivity index (χ3n) is 3.26. The van der Waals surface area contributed by atoms with Crippen molar-refractivity contribution in [3.8, 4) is 11.1 Å². The maximum absolute atomic E-state index is 3.84. The molecule has 1 aliphatic rings. The molecule has 0 fully saturated rings. The van der Waals surface area contributed by atoms with Crippen LogP contribution in [-0.4, -0.2) is 6.54 Å². The van der Waals surface area contributed by atoms with E-state index in [-0.39, 0.29) is 0 Å². The smallest absolute Gasteiger partial charge is 0.0451 e. The molecule has 0 N–H and O–H groups in total. The minimum absolute atomic E-state index is 0.894. The van der Waals surface area contributed by atoms with Crippen LogP contribution in [0.5, 0.6) is 0 Å². The number of rotatable bonds is 2. The predicted octanol–water partition coefficient (Wildman–Crippen LogP) is 3.86. The molecule has 1 heteroatoms. The summed E-state index contributed by atoms with van der Waals surface area (Å²) in [5, 5.41) is 0. The number of hydrogen-bond donors (Lipinski definition) is 0. The zero-order chi connectivity index (χ0) is 11.7. The van der Waals surface area contributed by atoms with Crippen molar-refractivity contribution < 1.29 is 0 Å². The Morgan fingerprint density at radius 1 is 1.00 bits per heavy atom. The number of hydrogen-bond acceptors (Lipinski definition) is 1. The lowest BCUT2D eigenvalue weighted by atomic mass is 9.93. The first kappa shape index (κ1) is 10.2. The van der Waals surface area contributed by atoms with Crippen molar-refractivity contribution in [3.05, 3.63) is 66.7 Å². The van der Waals surface area contributed by atoms with Gasteiger partial charge in [0.2, 0.25) is 0 Å². The molecule has 0 unspecified atom stereocenters. The highest BCUT2D eigenvalue weighted by Gasteiger charge is 2.19. The second-order valence-electron chi connectivity index (χ2n) is 4.34. The van der Waals surface area contributed by atoms with Crippen LogP contribution in [0.4, 0.5) is 5.69 Å². The summed E-state index contributed by atoms with van der Waals surface area (Å²) in [5.74, 6) is 0. The van der Waals surface area contributed by atoms with Crippen molar-refractivity contribution in [2.24, 2.45) is 0 Å². The molecule has 3 rings (SSSR count). The van der Waals surface area contributed by atoms with Gasteiger partial charge in [-0.3, -0.25) is 0 Å². The molecule has 84 valence electrons. The lowest BCUT2D eigenvalue weighted by Crippen LogP contribution is -2.26. The molecule has 2 aromatic carbocycles. The number of fused-ring (bicyclic) bond motifs is 3. The number of anilines is 1. The molecule has 0 spiro atoms. The molecule has 2 aromatic rings. The molecule has 0 bridgehead atoms. The highest BCUT2D eigenvalue weighted by atomic mass is 15.1. The molecule has 0 aromatic heterocycles. The fourth-order valence-electron chi connectivity index (χ4n) is 2.51. The Balaban J connectivity index is 2.19. The maximum atomic E-state index is 3.84. The van der Waals surface area contributed by atoms with Gasteiger partial charge in [-0.1, -0.05) is 48.5 Å². The van der Waals surface area contributed by atoms with Crippen molar-refractivity contribution in [3.63, 3.8) is 0 Å². The molecule has 1 nitrogen and oxygen atoms in total. The van der Waals surface area contributed by atoms with Crippen LogP contribution in [0.15, 0.2) is 61.2 Å². The Morgan fingerprint density at radius 2 is 1.71 bits per heavy atom. The fourth-order valence-corrected chi connectivity index (χ4v) is 2.51. The first-order valence-corrected chi connectivity index (χ1v) is 5.93. The zero-order valence-electron chi connectivity index (χ0n) is 9.76. The lowest BCUT2D eigenvalue weighted by Gasteiger charge is -2.32. The molecule has 0 aliphatic carbocycles. The van der Waals surface area contributed by atoms with Crippen LogP contribution in [-0.2, 0) is 6.54 Å². The van der Waals surface area contributed by atoms with Gasteiger partial charge in [-0.05, 0) is 17.2 Å². The minimum Gasteiger partial charge on any atom is -0.363 e. The number of nitrogens with zero attached hydrogens (tertiary/aromatic N) is 1. The van der Waals surface area contributed by atoms with E-state index in [1.807, 2.05) is 6.08 Å². The van der Waals surface area contributed by atoms with Crippen LogP contribution in [0.2, 0.25) is 0 Å². The summed E-state index contributed by atoms with van der Waals surface area (Å²) in [6.07, 6.45) is 1.96. The van der Waals surface area contributed by atoms with Crippen molar-refractivity contribution in [2.45, 2.75) is 6.54 Å². The summed E-state index contributed by atoms with van der Waals surface area (Å²) in [4.78, 5) is 2.37. The van der Waals surface area contributed by atoms with Gasteiger partial charge in [0.25, 0.3) is 0 Å². The fraction of sp³-hybridized carbons (Fsp3) is 0.125. The van der Waals surface area contributed by atoms with E-state index in [0.717, 1.165) is 13.1 Å². The average molecular weight is 221 g/mol. The summed E-state index contributed by atoms with van der Waals surface area (Å²) < 4.78 is 0. The predicted molar refractivity (Wildman–Crippen MR) is 73.1 cm³/mol. The quantitative estimate of drug-likeness (QED) is 0.696. The molecule has 1 heterocycles. The Morgan fingerprint density at radius 3 is 2.53 bits per heavy atom. The minimum atomic E-state index is 0.894. The van der Waals surface area contributed by atoms with Gasteiger partial charge < -0.3 is 4.90 Å². The Labute approximate surface area is 102 Å². The van der Waals surface area contributed by atoms with Crippen molar-refractivity contribution in [2.75, 3.05) is 11.4 Å².